The highest BCUT2D eigenvalue weighted by Crippen LogP contribution is 2.28. The molecule has 0 aliphatic rings. The van der Waals surface area contributed by atoms with Gasteiger partial charge in [-0.3, -0.25) is 9.36 Å². The number of hydrogen-bond acceptors (Lipinski definition) is 6. The number of ether oxygens (including phenoxy) is 2. The van der Waals surface area contributed by atoms with Crippen LogP contribution in [0.1, 0.15) is 5.82 Å². The van der Waals surface area contributed by atoms with Crippen molar-refractivity contribution < 1.29 is 14.3 Å². The zero-order valence-corrected chi connectivity index (χ0v) is 19.0. The highest BCUT2D eigenvalue weighted by Gasteiger charge is 2.15. The molecule has 1 amide bonds. The second-order valence-corrected chi connectivity index (χ2v) is 7.98. The summed E-state index contributed by atoms with van der Waals surface area (Å²) in [6, 6.07) is 12.2. The predicted octanol–water partition coefficient (Wildman–Crippen LogP) is 5.09. The van der Waals surface area contributed by atoms with Gasteiger partial charge in [-0.25, -0.2) is 0 Å². The number of nitrogens with one attached hydrogen (secondary N) is 1. The van der Waals surface area contributed by atoms with Crippen LogP contribution in [0.4, 0.5) is 5.69 Å². The van der Waals surface area contributed by atoms with Crippen molar-refractivity contribution >= 4 is 46.6 Å². The third kappa shape index (κ3) is 6.16. The Labute approximate surface area is 194 Å². The van der Waals surface area contributed by atoms with Gasteiger partial charge in [0.25, 0.3) is 0 Å². The van der Waals surface area contributed by atoms with E-state index in [4.69, 9.17) is 32.7 Å². The summed E-state index contributed by atoms with van der Waals surface area (Å²) in [6.07, 6.45) is 1.73. The van der Waals surface area contributed by atoms with Gasteiger partial charge in [0.1, 0.15) is 6.61 Å². The molecule has 0 atom stereocenters. The molecule has 0 aliphatic heterocycles. The molecule has 1 heterocycles. The maximum absolute atomic E-state index is 12.4. The van der Waals surface area contributed by atoms with E-state index in [1.807, 2.05) is 28.8 Å². The third-order valence-electron chi connectivity index (χ3n) is 4.07. The molecule has 0 aliphatic carbocycles. The second-order valence-electron chi connectivity index (χ2n) is 6.20. The molecule has 3 rings (SSSR count). The van der Waals surface area contributed by atoms with Gasteiger partial charge in [0, 0.05) is 11.6 Å². The average molecular weight is 479 g/mol. The van der Waals surface area contributed by atoms with Crippen LogP contribution in [0.2, 0.25) is 10.0 Å². The molecule has 1 N–H and O–H groups in total. The fourth-order valence-corrected chi connectivity index (χ4v) is 3.74. The van der Waals surface area contributed by atoms with Crippen LogP contribution in [-0.4, -0.2) is 33.5 Å². The summed E-state index contributed by atoms with van der Waals surface area (Å²) in [5, 5.41) is 12.6. The van der Waals surface area contributed by atoms with Gasteiger partial charge in [-0.05, 0) is 30.3 Å². The highest BCUT2D eigenvalue weighted by atomic mass is 35.5. The smallest absolute Gasteiger partial charge is 0.234 e. The van der Waals surface area contributed by atoms with Gasteiger partial charge in [0.15, 0.2) is 22.5 Å². The molecule has 0 fully saturated rings. The first-order valence-electron chi connectivity index (χ1n) is 9.18. The first kappa shape index (κ1) is 23.0. The van der Waals surface area contributed by atoms with E-state index in [9.17, 15) is 4.79 Å². The van der Waals surface area contributed by atoms with Gasteiger partial charge in [0.05, 0.1) is 23.6 Å². The molecule has 7 nitrogen and oxygen atoms in total. The van der Waals surface area contributed by atoms with Crippen molar-refractivity contribution in [2.75, 3.05) is 18.2 Å². The zero-order chi connectivity index (χ0) is 22.2. The SMILES string of the molecule is C=CCn1c(COc2ccccc2OC)nnc1SCC(=O)Nc1cc(Cl)ccc1Cl. The van der Waals surface area contributed by atoms with Crippen LogP contribution < -0.4 is 14.8 Å². The molecule has 0 saturated carbocycles. The number of hydrogen-bond donors (Lipinski definition) is 1. The fourth-order valence-electron chi connectivity index (χ4n) is 2.64. The number of aromatic nitrogens is 3. The van der Waals surface area contributed by atoms with Crippen LogP contribution in [-0.2, 0) is 17.9 Å². The van der Waals surface area contributed by atoms with Crippen molar-refractivity contribution in [2.45, 2.75) is 18.3 Å². The lowest BCUT2D eigenvalue weighted by atomic mass is 10.3. The first-order chi connectivity index (χ1) is 15.0. The number of nitrogens with zero attached hydrogens (tertiary/aromatic N) is 3. The molecule has 162 valence electrons. The fraction of sp³-hybridized carbons (Fsp3) is 0.190. The monoisotopic (exact) mass is 478 g/mol. The Morgan fingerprint density at radius 2 is 2.00 bits per heavy atom. The number of carbonyl (C=O) groups is 1. The Balaban J connectivity index is 1.65. The summed E-state index contributed by atoms with van der Waals surface area (Å²) in [6.45, 7) is 4.44. The quantitative estimate of drug-likeness (QED) is 0.323. The molecule has 0 saturated heterocycles. The van der Waals surface area contributed by atoms with Gasteiger partial charge in [-0.2, -0.15) is 0 Å². The number of amides is 1. The summed E-state index contributed by atoms with van der Waals surface area (Å²) in [5.74, 6) is 1.71. The van der Waals surface area contributed by atoms with E-state index in [0.717, 1.165) is 0 Å². The molecule has 0 radical (unpaired) electrons. The number of benzene rings is 2. The van der Waals surface area contributed by atoms with Crippen molar-refractivity contribution in [1.29, 1.82) is 0 Å². The van der Waals surface area contributed by atoms with Gasteiger partial charge in [-0.15, -0.1) is 16.8 Å². The summed E-state index contributed by atoms with van der Waals surface area (Å²) in [7, 11) is 1.58. The molecule has 0 bridgehead atoms. The van der Waals surface area contributed by atoms with E-state index in [0.29, 0.717) is 44.8 Å². The second kappa shape index (κ2) is 11.1. The van der Waals surface area contributed by atoms with Crippen molar-refractivity contribution in [2.24, 2.45) is 0 Å². The largest absolute Gasteiger partial charge is 0.493 e. The van der Waals surface area contributed by atoms with Crippen molar-refractivity contribution in [3.05, 3.63) is 71.0 Å². The molecule has 0 unspecified atom stereocenters. The van der Waals surface area contributed by atoms with Crippen molar-refractivity contribution in [1.82, 2.24) is 14.8 Å². The number of carbonyl (C=O) groups excluding carboxylic acids is 1. The molecule has 2 aromatic carbocycles. The van der Waals surface area contributed by atoms with E-state index >= 15 is 0 Å². The Kier molecular flexibility index (Phi) is 8.22. The third-order valence-corrected chi connectivity index (χ3v) is 5.60. The lowest BCUT2D eigenvalue weighted by Gasteiger charge is -2.11. The molecular weight excluding hydrogens is 459 g/mol. The van der Waals surface area contributed by atoms with Gasteiger partial charge < -0.3 is 14.8 Å². The molecule has 10 heteroatoms. The molecule has 31 heavy (non-hydrogen) atoms. The average Bonchev–Trinajstić information content (AvgIpc) is 3.15. The number of para-hydroxylation sites is 2. The van der Waals surface area contributed by atoms with Crippen LogP contribution in [0.15, 0.2) is 60.3 Å². The highest BCUT2D eigenvalue weighted by molar-refractivity contribution is 7.99. The van der Waals surface area contributed by atoms with Gasteiger partial charge >= 0.3 is 0 Å². The van der Waals surface area contributed by atoms with Crippen LogP contribution in [0.25, 0.3) is 0 Å². The van der Waals surface area contributed by atoms with Crippen LogP contribution in [0.3, 0.4) is 0 Å². The van der Waals surface area contributed by atoms with Crippen LogP contribution in [0.5, 0.6) is 11.5 Å². The Hall–Kier alpha value is -2.68. The number of anilines is 1. The summed E-state index contributed by atoms with van der Waals surface area (Å²) >= 11 is 13.3. The van der Waals surface area contributed by atoms with Gasteiger partial charge in [0.2, 0.25) is 5.91 Å². The van der Waals surface area contributed by atoms with E-state index < -0.39 is 0 Å². The van der Waals surface area contributed by atoms with Gasteiger partial charge in [-0.1, -0.05) is 53.2 Å². The zero-order valence-electron chi connectivity index (χ0n) is 16.7. The van der Waals surface area contributed by atoms with E-state index in [1.165, 1.54) is 11.8 Å². The Morgan fingerprint density at radius 3 is 2.74 bits per heavy atom. The topological polar surface area (TPSA) is 78.3 Å². The normalized spacial score (nSPS) is 10.5. The molecule has 1 aromatic heterocycles. The minimum atomic E-state index is -0.242. The number of thioether (sulfide) groups is 1. The molecule has 3 aromatic rings. The number of methoxy groups -OCH3 is 1. The van der Waals surface area contributed by atoms with E-state index in [2.05, 4.69) is 22.1 Å². The van der Waals surface area contributed by atoms with Crippen molar-refractivity contribution in [3.8, 4) is 11.5 Å². The minimum absolute atomic E-state index is 0.117. The summed E-state index contributed by atoms with van der Waals surface area (Å²) in [4.78, 5) is 12.4. The van der Waals surface area contributed by atoms with E-state index in [-0.39, 0.29) is 18.3 Å². The summed E-state index contributed by atoms with van der Waals surface area (Å²) in [5.41, 5.74) is 0.457. The maximum Gasteiger partial charge on any atom is 0.234 e. The maximum atomic E-state index is 12.4. The predicted molar refractivity (Wildman–Crippen MR) is 123 cm³/mol. The lowest BCUT2D eigenvalue weighted by Crippen LogP contribution is -2.15. The van der Waals surface area contributed by atoms with E-state index in [1.54, 1.807) is 31.4 Å². The molecular formula is C21H20Cl2N4O3S. The lowest BCUT2D eigenvalue weighted by molar-refractivity contribution is -0.113. The summed E-state index contributed by atoms with van der Waals surface area (Å²) < 4.78 is 13.0. The standard InChI is InChI=1S/C21H20Cl2N4O3S/c1-3-10-27-19(12-30-18-7-5-4-6-17(18)29-2)25-26-21(27)31-13-20(28)24-16-11-14(22)8-9-15(16)23/h3-9,11H,1,10,12-13H2,2H3,(H,24,28). The van der Waals surface area contributed by atoms with Crippen LogP contribution in [0, 0.1) is 0 Å². The molecule has 0 spiro atoms. The van der Waals surface area contributed by atoms with Crippen molar-refractivity contribution in [3.63, 3.8) is 0 Å². The Morgan fingerprint density at radius 1 is 1.23 bits per heavy atom. The first-order valence-corrected chi connectivity index (χ1v) is 10.9. The Bertz CT molecular complexity index is 1070. The number of rotatable bonds is 10. The number of halogens is 2. The van der Waals surface area contributed by atoms with Crippen LogP contribution >= 0.6 is 35.0 Å². The number of allylic oxidation sites excluding steroid dienone is 1. The minimum Gasteiger partial charge on any atom is -0.493 e.